The summed E-state index contributed by atoms with van der Waals surface area (Å²) in [5.74, 6) is 0.766. The van der Waals surface area contributed by atoms with E-state index in [1.54, 1.807) is 18.7 Å². The molecule has 0 unspecified atom stereocenters. The summed E-state index contributed by atoms with van der Waals surface area (Å²) >= 11 is 0. The summed E-state index contributed by atoms with van der Waals surface area (Å²) in [5.41, 5.74) is 1.07. The molecule has 2 aromatic heterocycles. The molecule has 0 bridgehead atoms. The van der Waals surface area contributed by atoms with Gasteiger partial charge in [0, 0.05) is 51.8 Å². The Morgan fingerprint density at radius 3 is 2.78 bits per heavy atom. The zero-order chi connectivity index (χ0) is 16.6. The van der Waals surface area contributed by atoms with E-state index in [-0.39, 0.29) is 11.1 Å². The molecule has 0 saturated heterocycles. The van der Waals surface area contributed by atoms with Crippen LogP contribution in [0.4, 0.5) is 0 Å². The van der Waals surface area contributed by atoms with Gasteiger partial charge in [-0.1, -0.05) is 0 Å². The zero-order valence-corrected chi connectivity index (χ0v) is 14.3. The highest BCUT2D eigenvalue weighted by molar-refractivity contribution is 7.89. The van der Waals surface area contributed by atoms with Crippen LogP contribution in [0.5, 0.6) is 0 Å². The van der Waals surface area contributed by atoms with Gasteiger partial charge in [0.25, 0.3) is 10.0 Å². The maximum atomic E-state index is 12.8. The molecule has 9 heteroatoms. The average molecular weight is 339 g/mol. The molecule has 1 aliphatic rings. The van der Waals surface area contributed by atoms with Crippen LogP contribution in [-0.2, 0) is 34.8 Å². The second-order valence-corrected chi connectivity index (χ2v) is 7.51. The lowest BCUT2D eigenvalue weighted by molar-refractivity contribution is 0.198. The number of nitrogens with zero attached hydrogens (tertiary/aromatic N) is 5. The minimum atomic E-state index is -3.62. The summed E-state index contributed by atoms with van der Waals surface area (Å²) in [5, 5.41) is 0.0754. The zero-order valence-electron chi connectivity index (χ0n) is 13.5. The van der Waals surface area contributed by atoms with Crippen LogP contribution in [0.25, 0.3) is 0 Å². The van der Waals surface area contributed by atoms with Crippen LogP contribution in [0.2, 0.25) is 0 Å². The molecule has 0 amide bonds. The Labute approximate surface area is 135 Å². The van der Waals surface area contributed by atoms with E-state index in [4.69, 9.17) is 4.74 Å². The van der Waals surface area contributed by atoms with Crippen molar-refractivity contribution in [2.75, 3.05) is 20.3 Å². The fraction of sp³-hybridized carbons (Fsp3) is 0.571. The smallest absolute Gasteiger partial charge is 0.262 e. The minimum absolute atomic E-state index is 0.0754. The summed E-state index contributed by atoms with van der Waals surface area (Å²) in [6.45, 7) is 3.47. The summed E-state index contributed by atoms with van der Waals surface area (Å²) in [6, 6.07) is -0.327. The Morgan fingerprint density at radius 1 is 1.35 bits per heavy atom. The van der Waals surface area contributed by atoms with Crippen LogP contribution in [0.1, 0.15) is 24.5 Å². The quantitative estimate of drug-likeness (QED) is 0.795. The maximum absolute atomic E-state index is 12.8. The first-order valence-corrected chi connectivity index (χ1v) is 8.92. The SMILES string of the molecule is COCCc1cnc2n1CCN(S(=O)(=O)c1cn(C)cn1)[C@H]2C. The normalized spacial score (nSPS) is 19.0. The predicted octanol–water partition coefficient (Wildman–Crippen LogP) is 0.571. The summed E-state index contributed by atoms with van der Waals surface area (Å²) < 4.78 is 35.9. The van der Waals surface area contributed by atoms with Crippen molar-refractivity contribution in [2.45, 2.75) is 31.0 Å². The number of hydrogen-bond donors (Lipinski definition) is 0. The molecule has 0 fully saturated rings. The van der Waals surface area contributed by atoms with E-state index >= 15 is 0 Å². The Morgan fingerprint density at radius 2 is 2.13 bits per heavy atom. The Balaban J connectivity index is 1.89. The maximum Gasteiger partial charge on any atom is 0.262 e. The van der Waals surface area contributed by atoms with E-state index < -0.39 is 10.0 Å². The molecule has 0 saturated carbocycles. The molecule has 23 heavy (non-hydrogen) atoms. The van der Waals surface area contributed by atoms with Gasteiger partial charge in [0.05, 0.1) is 19.0 Å². The van der Waals surface area contributed by atoms with E-state index in [0.717, 1.165) is 17.9 Å². The number of imidazole rings is 2. The standard InChI is InChI=1S/C14H21N5O3S/c1-11-14-15-8-12(4-7-22-3)18(14)5-6-19(11)23(20,21)13-9-17(2)10-16-13/h8-11H,4-7H2,1-3H3/t11-/m0/s1. The van der Waals surface area contributed by atoms with Crippen molar-refractivity contribution in [3.05, 3.63) is 30.2 Å². The third-order valence-electron chi connectivity index (χ3n) is 4.14. The first-order chi connectivity index (χ1) is 10.9. The molecule has 1 aliphatic heterocycles. The largest absolute Gasteiger partial charge is 0.384 e. The molecule has 0 aliphatic carbocycles. The van der Waals surface area contributed by atoms with Crippen molar-refractivity contribution in [3.8, 4) is 0 Å². The number of methoxy groups -OCH3 is 1. The number of sulfonamides is 1. The number of ether oxygens (including phenoxy) is 1. The molecular weight excluding hydrogens is 318 g/mol. The van der Waals surface area contributed by atoms with Crippen molar-refractivity contribution >= 4 is 10.0 Å². The Hall–Kier alpha value is -1.71. The van der Waals surface area contributed by atoms with E-state index in [2.05, 4.69) is 14.5 Å². The fourth-order valence-corrected chi connectivity index (χ4v) is 4.47. The lowest BCUT2D eigenvalue weighted by Crippen LogP contribution is -2.41. The van der Waals surface area contributed by atoms with E-state index in [9.17, 15) is 8.42 Å². The average Bonchev–Trinajstić information content (AvgIpc) is 3.12. The van der Waals surface area contributed by atoms with Crippen molar-refractivity contribution in [1.82, 2.24) is 23.4 Å². The second-order valence-electron chi connectivity index (χ2n) is 5.67. The third kappa shape index (κ3) is 2.79. The monoisotopic (exact) mass is 339 g/mol. The molecule has 0 radical (unpaired) electrons. The number of aryl methyl sites for hydroxylation is 1. The minimum Gasteiger partial charge on any atom is -0.384 e. The molecule has 126 valence electrons. The fourth-order valence-electron chi connectivity index (χ4n) is 2.92. The molecule has 1 atom stereocenters. The molecule has 2 aromatic rings. The lowest BCUT2D eigenvalue weighted by Gasteiger charge is -2.32. The van der Waals surface area contributed by atoms with Crippen LogP contribution in [0.3, 0.4) is 0 Å². The lowest BCUT2D eigenvalue weighted by atomic mass is 10.2. The highest BCUT2D eigenvalue weighted by atomic mass is 32.2. The van der Waals surface area contributed by atoms with Crippen LogP contribution in [-0.4, -0.2) is 52.1 Å². The first-order valence-electron chi connectivity index (χ1n) is 7.48. The van der Waals surface area contributed by atoms with Crippen molar-refractivity contribution < 1.29 is 13.2 Å². The van der Waals surface area contributed by atoms with Gasteiger partial charge in [0.2, 0.25) is 0 Å². The molecule has 3 heterocycles. The third-order valence-corrected chi connectivity index (χ3v) is 5.99. The van der Waals surface area contributed by atoms with Gasteiger partial charge < -0.3 is 13.9 Å². The first kappa shape index (κ1) is 16.2. The number of rotatable bonds is 5. The van der Waals surface area contributed by atoms with Gasteiger partial charge >= 0.3 is 0 Å². The molecular formula is C14H21N5O3S. The molecule has 0 spiro atoms. The van der Waals surface area contributed by atoms with Gasteiger partial charge in [-0.3, -0.25) is 0 Å². The summed E-state index contributed by atoms with van der Waals surface area (Å²) in [7, 11) is -0.203. The van der Waals surface area contributed by atoms with Gasteiger partial charge in [-0.25, -0.2) is 18.4 Å². The molecule has 0 N–H and O–H groups in total. The van der Waals surface area contributed by atoms with Crippen molar-refractivity contribution in [3.63, 3.8) is 0 Å². The van der Waals surface area contributed by atoms with Crippen molar-refractivity contribution in [1.29, 1.82) is 0 Å². The summed E-state index contributed by atoms with van der Waals surface area (Å²) in [4.78, 5) is 8.42. The number of aromatic nitrogens is 4. The number of fused-ring (bicyclic) bond motifs is 1. The van der Waals surface area contributed by atoms with Gasteiger partial charge in [-0.05, 0) is 6.92 Å². The van der Waals surface area contributed by atoms with Gasteiger partial charge in [-0.15, -0.1) is 0 Å². The van der Waals surface area contributed by atoms with Gasteiger partial charge in [0.15, 0.2) is 5.03 Å². The van der Waals surface area contributed by atoms with Gasteiger partial charge in [-0.2, -0.15) is 4.31 Å². The van der Waals surface area contributed by atoms with Crippen molar-refractivity contribution in [2.24, 2.45) is 7.05 Å². The highest BCUT2D eigenvalue weighted by Crippen LogP contribution is 2.30. The molecule has 0 aromatic carbocycles. The van der Waals surface area contributed by atoms with E-state index in [1.807, 2.05) is 13.1 Å². The summed E-state index contributed by atoms with van der Waals surface area (Å²) in [6.07, 6.45) is 5.59. The van der Waals surface area contributed by atoms with Crippen LogP contribution < -0.4 is 0 Å². The van der Waals surface area contributed by atoms with Crippen LogP contribution in [0.15, 0.2) is 23.7 Å². The number of hydrogen-bond acceptors (Lipinski definition) is 5. The van der Waals surface area contributed by atoms with E-state index in [1.165, 1.54) is 16.8 Å². The predicted molar refractivity (Wildman–Crippen MR) is 83.3 cm³/mol. The Kier molecular flexibility index (Phi) is 4.26. The molecule has 8 nitrogen and oxygen atoms in total. The van der Waals surface area contributed by atoms with Crippen LogP contribution >= 0.6 is 0 Å². The van der Waals surface area contributed by atoms with Crippen LogP contribution in [0, 0.1) is 0 Å². The highest BCUT2D eigenvalue weighted by Gasteiger charge is 2.36. The molecule has 3 rings (SSSR count). The topological polar surface area (TPSA) is 82.3 Å². The van der Waals surface area contributed by atoms with Gasteiger partial charge in [0.1, 0.15) is 5.82 Å². The van der Waals surface area contributed by atoms with E-state index in [0.29, 0.717) is 19.7 Å². The second kappa shape index (κ2) is 6.06. The Bertz CT molecular complexity index is 795.